The Balaban J connectivity index is 2.89. The van der Waals surface area contributed by atoms with E-state index in [1.807, 2.05) is 19.2 Å². The zero-order valence-electron chi connectivity index (χ0n) is 12.5. The maximum absolute atomic E-state index is 6.12. The van der Waals surface area contributed by atoms with Crippen molar-refractivity contribution in [2.45, 2.75) is 66.2 Å². The molecule has 1 heterocycles. The zero-order valence-corrected chi connectivity index (χ0v) is 12.5. The van der Waals surface area contributed by atoms with Crippen molar-refractivity contribution in [3.63, 3.8) is 0 Å². The molecule has 1 aromatic heterocycles. The van der Waals surface area contributed by atoms with Crippen molar-refractivity contribution in [2.24, 2.45) is 0 Å². The lowest BCUT2D eigenvalue weighted by Gasteiger charge is -2.26. The highest BCUT2D eigenvalue weighted by molar-refractivity contribution is 5.33. The number of aromatic nitrogens is 1. The summed E-state index contributed by atoms with van der Waals surface area (Å²) in [6.45, 7) is 13.4. The molecule has 1 rings (SSSR count). The minimum atomic E-state index is -0.139. The summed E-state index contributed by atoms with van der Waals surface area (Å²) in [5.41, 5.74) is 1.97. The lowest BCUT2D eigenvalue weighted by atomic mass is 10.1. The Morgan fingerprint density at radius 1 is 1.39 bits per heavy atom. The van der Waals surface area contributed by atoms with Crippen LogP contribution < -0.4 is 10.1 Å². The molecule has 1 N–H and O–H groups in total. The van der Waals surface area contributed by atoms with Gasteiger partial charge in [0, 0.05) is 36.1 Å². The van der Waals surface area contributed by atoms with Gasteiger partial charge < -0.3 is 10.1 Å². The van der Waals surface area contributed by atoms with Crippen LogP contribution >= 0.6 is 0 Å². The van der Waals surface area contributed by atoms with E-state index in [2.05, 4.69) is 44.9 Å². The second-order valence-electron chi connectivity index (χ2n) is 5.68. The smallest absolute Gasteiger partial charge is 0.127 e. The van der Waals surface area contributed by atoms with E-state index in [0.717, 1.165) is 30.0 Å². The predicted molar refractivity (Wildman–Crippen MR) is 75.9 cm³/mol. The summed E-state index contributed by atoms with van der Waals surface area (Å²) in [4.78, 5) is 4.35. The van der Waals surface area contributed by atoms with Crippen molar-refractivity contribution in [1.82, 2.24) is 10.3 Å². The topological polar surface area (TPSA) is 34.1 Å². The summed E-state index contributed by atoms with van der Waals surface area (Å²) in [5, 5.41) is 3.41. The van der Waals surface area contributed by atoms with Gasteiger partial charge in [-0.15, -0.1) is 0 Å². The van der Waals surface area contributed by atoms with Crippen LogP contribution in [0.3, 0.4) is 0 Å². The van der Waals surface area contributed by atoms with Crippen molar-refractivity contribution in [3.8, 4) is 5.75 Å². The van der Waals surface area contributed by atoms with Gasteiger partial charge in [-0.2, -0.15) is 0 Å². The summed E-state index contributed by atoms with van der Waals surface area (Å²) in [5.74, 6) is 0.947. The first-order valence-electron chi connectivity index (χ1n) is 6.72. The molecule has 0 spiro atoms. The molecule has 0 aliphatic rings. The van der Waals surface area contributed by atoms with E-state index in [9.17, 15) is 0 Å². The van der Waals surface area contributed by atoms with Crippen molar-refractivity contribution in [2.75, 3.05) is 0 Å². The number of nitrogens with one attached hydrogen (secondary N) is 1. The molecule has 0 aliphatic heterocycles. The normalized spacial score (nSPS) is 11.9. The molecule has 18 heavy (non-hydrogen) atoms. The molecule has 0 atom stereocenters. The van der Waals surface area contributed by atoms with Crippen LogP contribution in [0.5, 0.6) is 5.75 Å². The van der Waals surface area contributed by atoms with E-state index < -0.39 is 0 Å². The molecule has 0 aromatic carbocycles. The third-order valence-electron chi connectivity index (χ3n) is 3.02. The Bertz CT molecular complexity index is 386. The number of rotatable bonds is 6. The molecule has 0 saturated heterocycles. The third-order valence-corrected chi connectivity index (χ3v) is 3.02. The highest BCUT2D eigenvalue weighted by Crippen LogP contribution is 2.25. The molecule has 0 unspecified atom stereocenters. The van der Waals surface area contributed by atoms with Crippen molar-refractivity contribution >= 4 is 0 Å². The lowest BCUT2D eigenvalue weighted by Crippen LogP contribution is -2.28. The minimum absolute atomic E-state index is 0.139. The number of nitrogens with zero attached hydrogens (tertiary/aromatic N) is 1. The van der Waals surface area contributed by atoms with Gasteiger partial charge in [0.1, 0.15) is 11.4 Å². The van der Waals surface area contributed by atoms with Gasteiger partial charge in [-0.05, 0) is 27.2 Å². The number of aryl methyl sites for hydroxylation is 1. The number of ether oxygens (including phenoxy) is 1. The van der Waals surface area contributed by atoms with E-state index >= 15 is 0 Å². The fourth-order valence-electron chi connectivity index (χ4n) is 1.47. The standard InChI is InChI=1S/C15H26N2O/c1-7-15(5,6)18-14-8-12(4)17-10-13(14)9-16-11(2)3/h8,10-11,16H,7,9H2,1-6H3. The summed E-state index contributed by atoms with van der Waals surface area (Å²) in [6.07, 6.45) is 2.89. The average molecular weight is 250 g/mol. The van der Waals surface area contributed by atoms with E-state index in [1.165, 1.54) is 0 Å². The maximum atomic E-state index is 6.12. The first kappa shape index (κ1) is 15.0. The van der Waals surface area contributed by atoms with Crippen LogP contribution in [0.4, 0.5) is 0 Å². The largest absolute Gasteiger partial charge is 0.487 e. The zero-order chi connectivity index (χ0) is 13.8. The van der Waals surface area contributed by atoms with E-state index in [1.54, 1.807) is 0 Å². The molecule has 0 aliphatic carbocycles. The Morgan fingerprint density at radius 3 is 2.61 bits per heavy atom. The van der Waals surface area contributed by atoms with Crippen molar-refractivity contribution < 1.29 is 4.74 Å². The van der Waals surface area contributed by atoms with E-state index in [-0.39, 0.29) is 5.60 Å². The second-order valence-corrected chi connectivity index (χ2v) is 5.68. The van der Waals surface area contributed by atoms with Gasteiger partial charge >= 0.3 is 0 Å². The van der Waals surface area contributed by atoms with Gasteiger partial charge in [-0.1, -0.05) is 20.8 Å². The Hall–Kier alpha value is -1.09. The van der Waals surface area contributed by atoms with Gasteiger partial charge in [0.25, 0.3) is 0 Å². The monoisotopic (exact) mass is 250 g/mol. The molecule has 102 valence electrons. The second kappa shape index (κ2) is 6.19. The quantitative estimate of drug-likeness (QED) is 0.839. The first-order chi connectivity index (χ1) is 8.34. The van der Waals surface area contributed by atoms with Gasteiger partial charge in [0.05, 0.1) is 0 Å². The Labute approximate surface area is 111 Å². The number of hydrogen-bond acceptors (Lipinski definition) is 3. The summed E-state index contributed by atoms with van der Waals surface area (Å²) in [6, 6.07) is 2.48. The van der Waals surface area contributed by atoms with E-state index in [4.69, 9.17) is 4.74 Å². The molecule has 0 radical (unpaired) electrons. The minimum Gasteiger partial charge on any atom is -0.487 e. The van der Waals surface area contributed by atoms with Crippen LogP contribution in [-0.2, 0) is 6.54 Å². The fourth-order valence-corrected chi connectivity index (χ4v) is 1.47. The molecule has 0 saturated carbocycles. The summed E-state index contributed by atoms with van der Waals surface area (Å²) >= 11 is 0. The number of hydrogen-bond donors (Lipinski definition) is 1. The Morgan fingerprint density at radius 2 is 2.06 bits per heavy atom. The average Bonchev–Trinajstić information content (AvgIpc) is 2.27. The highest BCUT2D eigenvalue weighted by atomic mass is 16.5. The van der Waals surface area contributed by atoms with Crippen LogP contribution in [-0.4, -0.2) is 16.6 Å². The van der Waals surface area contributed by atoms with Gasteiger partial charge in [-0.25, -0.2) is 0 Å². The van der Waals surface area contributed by atoms with Crippen molar-refractivity contribution in [1.29, 1.82) is 0 Å². The Kier molecular flexibility index (Phi) is 5.15. The first-order valence-corrected chi connectivity index (χ1v) is 6.72. The lowest BCUT2D eigenvalue weighted by molar-refractivity contribution is 0.103. The fraction of sp³-hybridized carbons (Fsp3) is 0.667. The molecule has 1 aromatic rings. The molecular formula is C15H26N2O. The van der Waals surface area contributed by atoms with Crippen molar-refractivity contribution in [3.05, 3.63) is 23.5 Å². The molecular weight excluding hydrogens is 224 g/mol. The summed E-state index contributed by atoms with van der Waals surface area (Å²) < 4.78 is 6.12. The number of pyridine rings is 1. The van der Waals surface area contributed by atoms with Crippen LogP contribution in [0.15, 0.2) is 12.3 Å². The van der Waals surface area contributed by atoms with E-state index in [0.29, 0.717) is 6.04 Å². The molecule has 0 fully saturated rings. The van der Waals surface area contributed by atoms with Gasteiger partial charge in [-0.3, -0.25) is 4.98 Å². The van der Waals surface area contributed by atoms with Gasteiger partial charge in [0.2, 0.25) is 0 Å². The van der Waals surface area contributed by atoms with Gasteiger partial charge in [0.15, 0.2) is 0 Å². The van der Waals surface area contributed by atoms with Crippen LogP contribution in [0.2, 0.25) is 0 Å². The van der Waals surface area contributed by atoms with Crippen LogP contribution in [0, 0.1) is 6.92 Å². The molecule has 0 bridgehead atoms. The van der Waals surface area contributed by atoms with Crippen LogP contribution in [0.25, 0.3) is 0 Å². The highest BCUT2D eigenvalue weighted by Gasteiger charge is 2.19. The summed E-state index contributed by atoms with van der Waals surface area (Å²) in [7, 11) is 0. The maximum Gasteiger partial charge on any atom is 0.127 e. The molecule has 3 heteroatoms. The third kappa shape index (κ3) is 4.65. The molecule has 3 nitrogen and oxygen atoms in total. The molecule has 0 amide bonds. The van der Waals surface area contributed by atoms with Crippen LogP contribution in [0.1, 0.15) is 52.3 Å². The SMILES string of the molecule is CCC(C)(C)Oc1cc(C)ncc1CNC(C)C. The predicted octanol–water partition coefficient (Wildman–Crippen LogP) is 3.46.